The zero-order valence-electron chi connectivity index (χ0n) is 17.1. The Hall–Kier alpha value is -1.36. The third kappa shape index (κ3) is 5.83. The molecular weight excluding hydrogens is 326 g/mol. The zero-order chi connectivity index (χ0) is 19.1. The number of carbonyl (C=O) groups is 2. The van der Waals surface area contributed by atoms with Crippen molar-refractivity contribution in [2.75, 3.05) is 26.2 Å². The Morgan fingerprint density at radius 3 is 2.46 bits per heavy atom. The molecule has 1 heterocycles. The van der Waals surface area contributed by atoms with Crippen LogP contribution in [0.25, 0.3) is 0 Å². The third-order valence-electron chi connectivity index (χ3n) is 5.92. The monoisotopic (exact) mass is 363 g/mol. The molecule has 0 saturated carbocycles. The number of likely N-dealkylation sites (tertiary alicyclic amines) is 1. The number of nitrogens with one attached hydrogen (secondary N) is 1. The number of carbonyl (C=O) groups excluding carboxylic acids is 2. The molecule has 148 valence electrons. The lowest BCUT2D eigenvalue weighted by Crippen LogP contribution is -2.47. The Morgan fingerprint density at radius 1 is 1.23 bits per heavy atom. The summed E-state index contributed by atoms with van der Waals surface area (Å²) in [5.74, 6) is 0.924. The molecule has 1 N–H and O–H groups in total. The van der Waals surface area contributed by atoms with Crippen molar-refractivity contribution in [3.8, 4) is 0 Å². The summed E-state index contributed by atoms with van der Waals surface area (Å²) < 4.78 is 0. The number of hydrogen-bond acceptors (Lipinski definition) is 3. The summed E-state index contributed by atoms with van der Waals surface area (Å²) in [6, 6.07) is 0.212. The van der Waals surface area contributed by atoms with Crippen molar-refractivity contribution in [3.05, 3.63) is 11.8 Å². The Morgan fingerprint density at radius 2 is 1.92 bits per heavy atom. The number of allylic oxidation sites excluding steroid dienone is 2. The molecule has 1 aliphatic carbocycles. The van der Waals surface area contributed by atoms with Crippen molar-refractivity contribution in [2.45, 2.75) is 72.3 Å². The molecule has 26 heavy (non-hydrogen) atoms. The van der Waals surface area contributed by atoms with Gasteiger partial charge in [0.05, 0.1) is 6.54 Å². The van der Waals surface area contributed by atoms with Crippen LogP contribution in [0.5, 0.6) is 0 Å². The molecule has 5 heteroatoms. The molecule has 1 unspecified atom stereocenters. The second kappa shape index (κ2) is 10.1. The van der Waals surface area contributed by atoms with Gasteiger partial charge in [-0.25, -0.2) is 0 Å². The van der Waals surface area contributed by atoms with E-state index in [1.807, 2.05) is 4.90 Å². The minimum Gasteiger partial charge on any atom is -0.353 e. The molecular formula is C21H37N3O2. The molecule has 5 nitrogen and oxygen atoms in total. The van der Waals surface area contributed by atoms with E-state index in [0.717, 1.165) is 45.3 Å². The largest absolute Gasteiger partial charge is 0.353 e. The summed E-state index contributed by atoms with van der Waals surface area (Å²) in [4.78, 5) is 29.3. The SMILES string of the molecule is CCN(C(=O)CN1CCC(C(=O)NC(C)C(C)C)CC1)C1=CCCCC1. The van der Waals surface area contributed by atoms with Crippen LogP contribution < -0.4 is 5.32 Å². The maximum Gasteiger partial charge on any atom is 0.240 e. The summed E-state index contributed by atoms with van der Waals surface area (Å²) in [5, 5.41) is 3.13. The van der Waals surface area contributed by atoms with E-state index in [0.29, 0.717) is 12.5 Å². The summed E-state index contributed by atoms with van der Waals surface area (Å²) in [5.41, 5.74) is 1.21. The van der Waals surface area contributed by atoms with Gasteiger partial charge >= 0.3 is 0 Å². The van der Waals surface area contributed by atoms with E-state index in [1.165, 1.54) is 18.5 Å². The minimum absolute atomic E-state index is 0.0888. The molecule has 0 aromatic rings. The lowest BCUT2D eigenvalue weighted by molar-refractivity contribution is -0.131. The standard InChI is InChI=1S/C21H37N3O2/c1-5-24(19-9-7-6-8-10-19)20(25)15-23-13-11-18(12-14-23)21(26)22-17(4)16(2)3/h9,16-18H,5-8,10-15H2,1-4H3,(H,22,26). The van der Waals surface area contributed by atoms with Gasteiger partial charge in [0, 0.05) is 24.2 Å². The maximum atomic E-state index is 12.7. The molecule has 1 saturated heterocycles. The first-order valence-electron chi connectivity index (χ1n) is 10.4. The molecule has 2 rings (SSSR count). The van der Waals surface area contributed by atoms with Crippen LogP contribution in [0.1, 0.15) is 66.2 Å². The number of piperidine rings is 1. The fourth-order valence-corrected chi connectivity index (χ4v) is 3.74. The van der Waals surface area contributed by atoms with Crippen LogP contribution in [-0.4, -0.2) is 53.8 Å². The topological polar surface area (TPSA) is 52.7 Å². The Kier molecular flexibility index (Phi) is 8.14. The maximum absolute atomic E-state index is 12.7. The minimum atomic E-state index is 0.0888. The third-order valence-corrected chi connectivity index (χ3v) is 5.92. The van der Waals surface area contributed by atoms with E-state index < -0.39 is 0 Å². The van der Waals surface area contributed by atoms with E-state index in [2.05, 4.69) is 44.0 Å². The van der Waals surface area contributed by atoms with Crippen LogP contribution >= 0.6 is 0 Å². The molecule has 1 fully saturated rings. The Labute approximate surface area is 159 Å². The van der Waals surface area contributed by atoms with Gasteiger partial charge < -0.3 is 10.2 Å². The lowest BCUT2D eigenvalue weighted by Gasteiger charge is -2.34. The van der Waals surface area contributed by atoms with Gasteiger partial charge in [-0.1, -0.05) is 19.9 Å². The molecule has 2 aliphatic rings. The second-order valence-electron chi connectivity index (χ2n) is 8.17. The van der Waals surface area contributed by atoms with Gasteiger partial charge in [-0.05, 0) is 71.4 Å². The van der Waals surface area contributed by atoms with Crippen LogP contribution in [0.15, 0.2) is 11.8 Å². The predicted octanol–water partition coefficient (Wildman–Crippen LogP) is 3.17. The van der Waals surface area contributed by atoms with Gasteiger partial charge in [-0.2, -0.15) is 0 Å². The van der Waals surface area contributed by atoms with E-state index in [1.54, 1.807) is 0 Å². The van der Waals surface area contributed by atoms with Gasteiger partial charge in [-0.3, -0.25) is 14.5 Å². The normalized spacial score (nSPS) is 20.6. The molecule has 1 aliphatic heterocycles. The van der Waals surface area contributed by atoms with Crippen molar-refractivity contribution < 1.29 is 9.59 Å². The fourth-order valence-electron chi connectivity index (χ4n) is 3.74. The summed E-state index contributed by atoms with van der Waals surface area (Å²) in [6.07, 6.45) is 8.46. The Balaban J connectivity index is 1.79. The predicted molar refractivity (Wildman–Crippen MR) is 106 cm³/mol. The van der Waals surface area contributed by atoms with Crippen molar-refractivity contribution >= 4 is 11.8 Å². The van der Waals surface area contributed by atoms with E-state index in [4.69, 9.17) is 0 Å². The number of nitrogens with zero attached hydrogens (tertiary/aromatic N) is 2. The van der Waals surface area contributed by atoms with Gasteiger partial charge in [0.1, 0.15) is 0 Å². The van der Waals surface area contributed by atoms with Gasteiger partial charge in [0.15, 0.2) is 0 Å². The van der Waals surface area contributed by atoms with Gasteiger partial charge in [0.2, 0.25) is 11.8 Å². The summed E-state index contributed by atoms with van der Waals surface area (Å²) >= 11 is 0. The van der Waals surface area contributed by atoms with E-state index in [-0.39, 0.29) is 23.8 Å². The Bertz CT molecular complexity index is 507. The molecule has 0 aromatic carbocycles. The highest BCUT2D eigenvalue weighted by Crippen LogP contribution is 2.22. The first-order chi connectivity index (χ1) is 12.4. The van der Waals surface area contributed by atoms with Crippen molar-refractivity contribution in [1.29, 1.82) is 0 Å². The second-order valence-corrected chi connectivity index (χ2v) is 8.17. The van der Waals surface area contributed by atoms with Crippen molar-refractivity contribution in [3.63, 3.8) is 0 Å². The number of hydrogen-bond donors (Lipinski definition) is 1. The van der Waals surface area contributed by atoms with Crippen LogP contribution in [-0.2, 0) is 9.59 Å². The quantitative estimate of drug-likeness (QED) is 0.756. The van der Waals surface area contributed by atoms with E-state index in [9.17, 15) is 9.59 Å². The fraction of sp³-hybridized carbons (Fsp3) is 0.810. The molecule has 0 spiro atoms. The number of amides is 2. The molecule has 0 aromatic heterocycles. The first kappa shape index (κ1) is 20.9. The molecule has 0 radical (unpaired) electrons. The van der Waals surface area contributed by atoms with Crippen LogP contribution in [0.3, 0.4) is 0 Å². The molecule has 0 bridgehead atoms. The average molecular weight is 364 g/mol. The van der Waals surface area contributed by atoms with Gasteiger partial charge in [0.25, 0.3) is 0 Å². The number of rotatable bonds is 7. The summed E-state index contributed by atoms with van der Waals surface area (Å²) in [7, 11) is 0. The zero-order valence-corrected chi connectivity index (χ0v) is 17.1. The first-order valence-corrected chi connectivity index (χ1v) is 10.4. The van der Waals surface area contributed by atoms with Gasteiger partial charge in [-0.15, -0.1) is 0 Å². The highest BCUT2D eigenvalue weighted by Gasteiger charge is 2.28. The van der Waals surface area contributed by atoms with Crippen LogP contribution in [0.4, 0.5) is 0 Å². The van der Waals surface area contributed by atoms with Crippen molar-refractivity contribution in [2.24, 2.45) is 11.8 Å². The van der Waals surface area contributed by atoms with Crippen LogP contribution in [0, 0.1) is 11.8 Å². The van der Waals surface area contributed by atoms with E-state index >= 15 is 0 Å². The van der Waals surface area contributed by atoms with Crippen LogP contribution in [0.2, 0.25) is 0 Å². The smallest absolute Gasteiger partial charge is 0.240 e. The van der Waals surface area contributed by atoms with Crippen molar-refractivity contribution in [1.82, 2.24) is 15.1 Å². The lowest BCUT2D eigenvalue weighted by atomic mass is 9.94. The molecule has 1 atom stereocenters. The average Bonchev–Trinajstić information content (AvgIpc) is 2.63. The summed E-state index contributed by atoms with van der Waals surface area (Å²) in [6.45, 7) is 11.3. The number of likely N-dealkylation sites (N-methyl/N-ethyl adjacent to an activating group) is 1. The highest BCUT2D eigenvalue weighted by atomic mass is 16.2. The molecule has 2 amide bonds. The highest BCUT2D eigenvalue weighted by molar-refractivity contribution is 5.80.